The van der Waals surface area contributed by atoms with Gasteiger partial charge < -0.3 is 4.98 Å². The number of aromatic nitrogens is 1. The zero-order chi connectivity index (χ0) is 7.61. The van der Waals surface area contributed by atoms with Crippen LogP contribution in [0.15, 0.2) is 18.3 Å². The third-order valence-electron chi connectivity index (χ3n) is 1.35. The minimum absolute atomic E-state index is 0.277. The summed E-state index contributed by atoms with van der Waals surface area (Å²) in [6, 6.07) is 3.19. The smallest absolute Gasteiger partial charge is 0.202 e. The van der Waals surface area contributed by atoms with Crippen molar-refractivity contribution in [3.05, 3.63) is 24.0 Å². The first-order valence-electron chi connectivity index (χ1n) is 2.96. The number of rotatable bonds is 2. The van der Waals surface area contributed by atoms with Crippen molar-refractivity contribution in [1.29, 1.82) is 0 Å². The minimum Gasteiger partial charge on any atom is -0.362 e. The Morgan fingerprint density at radius 1 is 1.80 bits per heavy atom. The third kappa shape index (κ3) is 1.07. The summed E-state index contributed by atoms with van der Waals surface area (Å²) in [5.74, 6) is 0. The molecular formula is C7H8FNO. The van der Waals surface area contributed by atoms with Gasteiger partial charge in [-0.15, -0.1) is 0 Å². The van der Waals surface area contributed by atoms with Crippen LogP contribution in [0.3, 0.4) is 0 Å². The second-order valence-corrected chi connectivity index (χ2v) is 2.28. The minimum atomic E-state index is -1.87. The Morgan fingerprint density at radius 3 is 2.90 bits per heavy atom. The number of carbonyl (C=O) groups is 1. The predicted octanol–water partition coefficient (Wildman–Crippen LogP) is 1.40. The Balaban J connectivity index is 2.95. The molecule has 0 fully saturated rings. The first-order valence-corrected chi connectivity index (χ1v) is 2.96. The van der Waals surface area contributed by atoms with Crippen LogP contribution in [-0.2, 0) is 10.5 Å². The molecule has 3 heteroatoms. The Labute approximate surface area is 58.1 Å². The van der Waals surface area contributed by atoms with Crippen LogP contribution in [0.2, 0.25) is 0 Å². The molecular weight excluding hydrogens is 133 g/mol. The Bertz CT molecular complexity index is 216. The van der Waals surface area contributed by atoms with E-state index < -0.39 is 5.67 Å². The van der Waals surface area contributed by atoms with E-state index in [9.17, 15) is 9.18 Å². The second-order valence-electron chi connectivity index (χ2n) is 2.28. The van der Waals surface area contributed by atoms with E-state index in [0.29, 0.717) is 5.69 Å². The molecule has 0 saturated heterocycles. The monoisotopic (exact) mass is 141 g/mol. The van der Waals surface area contributed by atoms with Gasteiger partial charge in [-0.3, -0.25) is 4.79 Å². The van der Waals surface area contributed by atoms with Crippen molar-refractivity contribution >= 4 is 6.29 Å². The molecule has 1 rings (SSSR count). The molecule has 0 aromatic carbocycles. The van der Waals surface area contributed by atoms with E-state index in [4.69, 9.17) is 0 Å². The molecule has 1 N–H and O–H groups in total. The number of H-pyrrole nitrogens is 1. The number of halogens is 1. The summed E-state index contributed by atoms with van der Waals surface area (Å²) in [5, 5.41) is 0. The topological polar surface area (TPSA) is 32.9 Å². The summed E-state index contributed by atoms with van der Waals surface area (Å²) in [6.07, 6.45) is 1.86. The highest BCUT2D eigenvalue weighted by Crippen LogP contribution is 2.19. The first-order chi connectivity index (χ1) is 4.67. The van der Waals surface area contributed by atoms with Crippen LogP contribution in [0.1, 0.15) is 12.6 Å². The molecule has 10 heavy (non-hydrogen) atoms. The van der Waals surface area contributed by atoms with Crippen LogP contribution in [0.5, 0.6) is 0 Å². The molecule has 0 spiro atoms. The average Bonchev–Trinajstić information content (AvgIpc) is 2.38. The van der Waals surface area contributed by atoms with E-state index >= 15 is 0 Å². The second kappa shape index (κ2) is 2.25. The van der Waals surface area contributed by atoms with Crippen molar-refractivity contribution in [1.82, 2.24) is 4.98 Å². The van der Waals surface area contributed by atoms with Crippen LogP contribution in [0.4, 0.5) is 4.39 Å². The molecule has 54 valence electrons. The SMILES string of the molecule is CC(F)(C=O)c1ccc[nH]1. The number of alkyl halides is 1. The van der Waals surface area contributed by atoms with Gasteiger partial charge in [0.2, 0.25) is 5.67 Å². The van der Waals surface area contributed by atoms with Gasteiger partial charge in [-0.1, -0.05) is 0 Å². The number of hydrogen-bond donors (Lipinski definition) is 1. The molecule has 0 aliphatic heterocycles. The molecule has 0 aliphatic carbocycles. The van der Waals surface area contributed by atoms with Crippen LogP contribution < -0.4 is 0 Å². The lowest BCUT2D eigenvalue weighted by molar-refractivity contribution is -0.117. The van der Waals surface area contributed by atoms with Gasteiger partial charge in [0.05, 0.1) is 5.69 Å². The highest BCUT2D eigenvalue weighted by atomic mass is 19.1. The van der Waals surface area contributed by atoms with Crippen molar-refractivity contribution in [2.24, 2.45) is 0 Å². The largest absolute Gasteiger partial charge is 0.362 e. The predicted molar refractivity (Wildman–Crippen MR) is 35.3 cm³/mol. The molecule has 1 atom stereocenters. The lowest BCUT2D eigenvalue weighted by Crippen LogP contribution is -2.16. The maximum atomic E-state index is 13.0. The fraction of sp³-hybridized carbons (Fsp3) is 0.286. The average molecular weight is 141 g/mol. The number of nitrogens with one attached hydrogen (secondary N) is 1. The summed E-state index contributed by atoms with van der Waals surface area (Å²) >= 11 is 0. The zero-order valence-electron chi connectivity index (χ0n) is 5.60. The van der Waals surface area contributed by atoms with E-state index in [-0.39, 0.29) is 6.29 Å². The van der Waals surface area contributed by atoms with Crippen LogP contribution in [0.25, 0.3) is 0 Å². The molecule has 1 aromatic rings. The van der Waals surface area contributed by atoms with Crippen molar-refractivity contribution < 1.29 is 9.18 Å². The zero-order valence-corrected chi connectivity index (χ0v) is 5.60. The van der Waals surface area contributed by atoms with Crippen LogP contribution >= 0.6 is 0 Å². The number of aldehydes is 1. The van der Waals surface area contributed by atoms with Crippen LogP contribution in [0, 0.1) is 0 Å². The van der Waals surface area contributed by atoms with Gasteiger partial charge in [-0.2, -0.15) is 0 Å². The summed E-state index contributed by atoms with van der Waals surface area (Å²) in [4.78, 5) is 12.8. The summed E-state index contributed by atoms with van der Waals surface area (Å²) in [5.41, 5.74) is -1.58. The lowest BCUT2D eigenvalue weighted by Gasteiger charge is -2.08. The lowest BCUT2D eigenvalue weighted by atomic mass is 10.1. The molecule has 0 saturated carbocycles. The number of aromatic amines is 1. The highest BCUT2D eigenvalue weighted by molar-refractivity contribution is 5.63. The standard InChI is InChI=1S/C7H8FNO/c1-7(8,5-10)6-3-2-4-9-6/h2-5,9H,1H3. The Morgan fingerprint density at radius 2 is 2.50 bits per heavy atom. The molecule has 0 amide bonds. The maximum absolute atomic E-state index is 13.0. The molecule has 1 unspecified atom stereocenters. The maximum Gasteiger partial charge on any atom is 0.202 e. The summed E-state index contributed by atoms with van der Waals surface area (Å²) in [7, 11) is 0. The third-order valence-corrected chi connectivity index (χ3v) is 1.35. The highest BCUT2D eigenvalue weighted by Gasteiger charge is 2.25. The van der Waals surface area contributed by atoms with Gasteiger partial charge in [0.1, 0.15) is 0 Å². The van der Waals surface area contributed by atoms with Gasteiger partial charge in [0, 0.05) is 6.20 Å². The molecule has 0 bridgehead atoms. The van der Waals surface area contributed by atoms with E-state index in [1.807, 2.05) is 0 Å². The normalized spacial score (nSPS) is 16.2. The van der Waals surface area contributed by atoms with Gasteiger partial charge in [0.25, 0.3) is 0 Å². The van der Waals surface area contributed by atoms with Gasteiger partial charge >= 0.3 is 0 Å². The Kier molecular flexibility index (Phi) is 1.57. The number of hydrogen-bond acceptors (Lipinski definition) is 1. The fourth-order valence-electron chi connectivity index (χ4n) is 0.698. The van der Waals surface area contributed by atoms with E-state index in [0.717, 1.165) is 0 Å². The van der Waals surface area contributed by atoms with E-state index in [1.54, 1.807) is 12.3 Å². The molecule has 1 heterocycles. The summed E-state index contributed by atoms with van der Waals surface area (Å²) < 4.78 is 13.0. The Hall–Kier alpha value is -1.12. The first kappa shape index (κ1) is 6.99. The quantitative estimate of drug-likeness (QED) is 0.620. The molecule has 1 aromatic heterocycles. The molecule has 0 radical (unpaired) electrons. The van der Waals surface area contributed by atoms with Gasteiger partial charge in [0.15, 0.2) is 6.29 Å². The van der Waals surface area contributed by atoms with Crippen molar-refractivity contribution in [2.75, 3.05) is 0 Å². The van der Waals surface area contributed by atoms with E-state index in [1.165, 1.54) is 13.0 Å². The molecule has 2 nitrogen and oxygen atoms in total. The van der Waals surface area contributed by atoms with E-state index in [2.05, 4.69) is 4.98 Å². The van der Waals surface area contributed by atoms with Crippen molar-refractivity contribution in [3.63, 3.8) is 0 Å². The fourth-order valence-corrected chi connectivity index (χ4v) is 0.698. The molecule has 0 aliphatic rings. The van der Waals surface area contributed by atoms with Gasteiger partial charge in [-0.25, -0.2) is 4.39 Å². The summed E-state index contributed by atoms with van der Waals surface area (Å²) in [6.45, 7) is 1.21. The van der Waals surface area contributed by atoms with Crippen molar-refractivity contribution in [3.8, 4) is 0 Å². The van der Waals surface area contributed by atoms with Crippen molar-refractivity contribution in [2.45, 2.75) is 12.6 Å². The van der Waals surface area contributed by atoms with Gasteiger partial charge in [-0.05, 0) is 19.1 Å². The number of carbonyl (C=O) groups excluding carboxylic acids is 1. The van der Waals surface area contributed by atoms with Crippen LogP contribution in [-0.4, -0.2) is 11.3 Å².